The van der Waals surface area contributed by atoms with Crippen LogP contribution in [-0.4, -0.2) is 37.2 Å². The van der Waals surface area contributed by atoms with Crippen LogP contribution in [0.4, 0.5) is 0 Å². The molecule has 1 atom stereocenters. The van der Waals surface area contributed by atoms with Gasteiger partial charge in [-0.3, -0.25) is 14.4 Å². The summed E-state index contributed by atoms with van der Waals surface area (Å²) in [6, 6.07) is 0. The van der Waals surface area contributed by atoms with Gasteiger partial charge in [0, 0.05) is 19.3 Å². The molecule has 0 aliphatic rings. The predicted octanol–water partition coefficient (Wildman–Crippen LogP) is 22.7. The van der Waals surface area contributed by atoms with Gasteiger partial charge in [0.1, 0.15) is 13.2 Å². The van der Waals surface area contributed by atoms with Gasteiger partial charge >= 0.3 is 17.9 Å². The number of carbonyl (C=O) groups is 3. The number of rotatable bonds is 60. The molecule has 0 spiro atoms. The van der Waals surface area contributed by atoms with Crippen LogP contribution in [0.2, 0.25) is 0 Å². The quantitative estimate of drug-likeness (QED) is 0.0261. The SMILES string of the molecule is CC/C=C\C/C=C\C/C=C\C/C=C\C/C=C\C/C=C\CCCCC(=O)OC(COC(=O)CCCCCCCCCCCCC/C=C\CCCCCCCCCC)COC(=O)CCCCCCCCCCCCCCCCC. The first kappa shape index (κ1) is 73.6. The van der Waals surface area contributed by atoms with Crippen molar-refractivity contribution in [1.29, 1.82) is 0 Å². The average Bonchev–Trinajstić information content (AvgIpc) is 3.43. The van der Waals surface area contributed by atoms with Gasteiger partial charge in [-0.15, -0.1) is 0 Å². The lowest BCUT2D eigenvalue weighted by Gasteiger charge is -2.18. The normalized spacial score (nSPS) is 12.6. The number of hydrogen-bond donors (Lipinski definition) is 0. The number of carbonyl (C=O) groups excluding carboxylic acids is 3. The highest BCUT2D eigenvalue weighted by atomic mass is 16.6. The molecule has 0 rings (SSSR count). The van der Waals surface area contributed by atoms with E-state index in [1.165, 1.54) is 193 Å². The molecule has 0 aromatic heterocycles. The third-order valence-electron chi connectivity index (χ3n) is 14.4. The Hall–Kier alpha value is -3.41. The molecule has 0 fully saturated rings. The minimum absolute atomic E-state index is 0.0914. The second kappa shape index (κ2) is 65.1. The Labute approximate surface area is 477 Å². The number of unbranched alkanes of at least 4 members (excludes halogenated alkanes) is 35. The zero-order valence-electron chi connectivity index (χ0n) is 51.0. The molecular formula is C71H124O6. The first-order valence-corrected chi connectivity index (χ1v) is 33.1. The number of hydrogen-bond acceptors (Lipinski definition) is 6. The summed E-state index contributed by atoms with van der Waals surface area (Å²) in [5, 5.41) is 0. The molecule has 0 saturated heterocycles. The van der Waals surface area contributed by atoms with E-state index >= 15 is 0 Å². The monoisotopic (exact) mass is 1070 g/mol. The van der Waals surface area contributed by atoms with Crippen LogP contribution in [0.25, 0.3) is 0 Å². The van der Waals surface area contributed by atoms with Gasteiger partial charge in [0.25, 0.3) is 0 Å². The molecule has 0 N–H and O–H groups in total. The largest absolute Gasteiger partial charge is 0.462 e. The van der Waals surface area contributed by atoms with Crippen LogP contribution in [0.15, 0.2) is 85.1 Å². The molecule has 0 amide bonds. The Kier molecular flexibility index (Phi) is 62.2. The molecule has 6 heteroatoms. The molecule has 0 aromatic carbocycles. The van der Waals surface area contributed by atoms with E-state index < -0.39 is 6.10 Å². The maximum Gasteiger partial charge on any atom is 0.306 e. The molecule has 77 heavy (non-hydrogen) atoms. The summed E-state index contributed by atoms with van der Waals surface area (Å²) in [6.07, 6.45) is 85.9. The molecule has 0 aromatic rings. The number of esters is 3. The topological polar surface area (TPSA) is 78.9 Å². The standard InChI is InChI=1S/C71H124O6/c1-4-7-10-13-16-19-22-25-28-30-32-34-35-37-38-40-43-46-49-52-55-58-61-64-70(73)76-67-68(66-75-69(72)63-60-57-54-51-48-45-42-27-24-21-18-15-12-9-6-3)77-71(74)65-62-59-56-53-50-47-44-41-39-36-33-31-29-26-23-20-17-14-11-8-5-2/h8,11,17,20,26,29-30,32-33,36,41,44,50,53,68H,4-7,9-10,12-16,18-19,21-25,27-28,31,34-35,37-40,42-43,45-49,51-52,54-67H2,1-3H3/b11-8-,20-17-,29-26-,32-30-,36-33-,44-41-,53-50-. The zero-order chi connectivity index (χ0) is 55.7. The summed E-state index contributed by atoms with van der Waals surface area (Å²) in [6.45, 7) is 6.53. The van der Waals surface area contributed by atoms with Gasteiger partial charge in [-0.05, 0) is 96.3 Å². The maximum atomic E-state index is 12.9. The van der Waals surface area contributed by atoms with Gasteiger partial charge in [-0.2, -0.15) is 0 Å². The van der Waals surface area contributed by atoms with Gasteiger partial charge < -0.3 is 14.2 Å². The van der Waals surface area contributed by atoms with E-state index in [-0.39, 0.29) is 37.5 Å². The van der Waals surface area contributed by atoms with E-state index in [0.717, 1.165) is 89.9 Å². The molecule has 0 heterocycles. The fourth-order valence-corrected chi connectivity index (χ4v) is 9.44. The predicted molar refractivity (Wildman–Crippen MR) is 334 cm³/mol. The van der Waals surface area contributed by atoms with Crippen molar-refractivity contribution < 1.29 is 28.6 Å². The van der Waals surface area contributed by atoms with E-state index in [9.17, 15) is 14.4 Å². The lowest BCUT2D eigenvalue weighted by Crippen LogP contribution is -2.30. The molecule has 0 saturated carbocycles. The van der Waals surface area contributed by atoms with Crippen LogP contribution >= 0.6 is 0 Å². The Morgan fingerprint density at radius 2 is 0.506 bits per heavy atom. The number of allylic oxidation sites excluding steroid dienone is 14. The highest BCUT2D eigenvalue weighted by molar-refractivity contribution is 5.71. The van der Waals surface area contributed by atoms with Crippen molar-refractivity contribution in [2.75, 3.05) is 13.2 Å². The summed E-state index contributed by atoms with van der Waals surface area (Å²) in [4.78, 5) is 38.4. The Bertz CT molecular complexity index is 1470. The molecule has 444 valence electrons. The summed E-state index contributed by atoms with van der Waals surface area (Å²) in [5.41, 5.74) is 0. The summed E-state index contributed by atoms with van der Waals surface area (Å²) < 4.78 is 16.9. The molecule has 6 nitrogen and oxygen atoms in total. The van der Waals surface area contributed by atoms with Crippen LogP contribution in [0.1, 0.15) is 329 Å². The van der Waals surface area contributed by atoms with Crippen molar-refractivity contribution in [1.82, 2.24) is 0 Å². The molecule has 0 radical (unpaired) electrons. The first-order valence-electron chi connectivity index (χ1n) is 33.1. The van der Waals surface area contributed by atoms with Crippen molar-refractivity contribution in [3.63, 3.8) is 0 Å². The van der Waals surface area contributed by atoms with Gasteiger partial charge in [-0.1, -0.05) is 298 Å². The molecule has 0 aliphatic heterocycles. The number of ether oxygens (including phenoxy) is 3. The van der Waals surface area contributed by atoms with E-state index in [0.29, 0.717) is 19.3 Å². The first-order chi connectivity index (χ1) is 38.0. The van der Waals surface area contributed by atoms with Crippen molar-refractivity contribution in [2.24, 2.45) is 0 Å². The smallest absolute Gasteiger partial charge is 0.306 e. The van der Waals surface area contributed by atoms with Crippen molar-refractivity contribution >= 4 is 17.9 Å². The minimum atomic E-state index is -0.800. The van der Waals surface area contributed by atoms with Gasteiger partial charge in [0.2, 0.25) is 0 Å². The summed E-state index contributed by atoms with van der Waals surface area (Å²) in [5.74, 6) is -0.920. The molecular weight excluding hydrogens is 949 g/mol. The molecule has 1 unspecified atom stereocenters. The van der Waals surface area contributed by atoms with Crippen LogP contribution in [-0.2, 0) is 28.6 Å². The Morgan fingerprint density at radius 3 is 0.831 bits per heavy atom. The average molecular weight is 1070 g/mol. The zero-order valence-corrected chi connectivity index (χ0v) is 51.0. The Balaban J connectivity index is 4.40. The van der Waals surface area contributed by atoms with E-state index in [1.807, 2.05) is 0 Å². The third kappa shape index (κ3) is 63.3. The fraction of sp³-hybridized carbons (Fsp3) is 0.761. The van der Waals surface area contributed by atoms with E-state index in [4.69, 9.17) is 14.2 Å². The summed E-state index contributed by atoms with van der Waals surface area (Å²) in [7, 11) is 0. The van der Waals surface area contributed by atoms with E-state index in [1.54, 1.807) is 0 Å². The highest BCUT2D eigenvalue weighted by Gasteiger charge is 2.19. The third-order valence-corrected chi connectivity index (χ3v) is 14.4. The van der Waals surface area contributed by atoms with Crippen molar-refractivity contribution in [2.45, 2.75) is 335 Å². The van der Waals surface area contributed by atoms with Gasteiger partial charge in [0.05, 0.1) is 0 Å². The highest BCUT2D eigenvalue weighted by Crippen LogP contribution is 2.17. The van der Waals surface area contributed by atoms with Crippen LogP contribution in [0.5, 0.6) is 0 Å². The molecule has 0 aliphatic carbocycles. The van der Waals surface area contributed by atoms with Crippen molar-refractivity contribution in [3.05, 3.63) is 85.1 Å². The lowest BCUT2D eigenvalue weighted by molar-refractivity contribution is -0.167. The van der Waals surface area contributed by atoms with E-state index in [2.05, 4.69) is 106 Å². The van der Waals surface area contributed by atoms with Gasteiger partial charge in [-0.25, -0.2) is 0 Å². The van der Waals surface area contributed by atoms with Crippen LogP contribution in [0.3, 0.4) is 0 Å². The summed E-state index contributed by atoms with van der Waals surface area (Å²) >= 11 is 0. The molecule has 0 bridgehead atoms. The maximum absolute atomic E-state index is 12.9. The minimum Gasteiger partial charge on any atom is -0.462 e. The Morgan fingerprint density at radius 1 is 0.273 bits per heavy atom. The van der Waals surface area contributed by atoms with Crippen LogP contribution in [0, 0.1) is 0 Å². The fourth-order valence-electron chi connectivity index (χ4n) is 9.44. The second-order valence-corrected chi connectivity index (χ2v) is 22.0. The van der Waals surface area contributed by atoms with Gasteiger partial charge in [0.15, 0.2) is 6.10 Å². The second-order valence-electron chi connectivity index (χ2n) is 22.0. The van der Waals surface area contributed by atoms with Crippen molar-refractivity contribution in [3.8, 4) is 0 Å². The lowest BCUT2D eigenvalue weighted by atomic mass is 10.0. The van der Waals surface area contributed by atoms with Crippen LogP contribution < -0.4 is 0 Å².